The Kier molecular flexibility index (Phi) is 6.40. The molecular weight excluding hydrogens is 398 g/mol. The van der Waals surface area contributed by atoms with Gasteiger partial charge in [0.25, 0.3) is 5.91 Å². The summed E-state index contributed by atoms with van der Waals surface area (Å²) in [5.41, 5.74) is 1.36. The molecule has 4 rings (SSSR count). The van der Waals surface area contributed by atoms with Crippen LogP contribution in [0.4, 0.5) is 0 Å². The summed E-state index contributed by atoms with van der Waals surface area (Å²) in [7, 11) is 0. The number of esters is 1. The molecule has 0 spiro atoms. The molecule has 2 aromatic carbocycles. The van der Waals surface area contributed by atoms with Gasteiger partial charge in [0.15, 0.2) is 18.1 Å². The molecule has 162 valence electrons. The number of nitrogens with zero attached hydrogens (tertiary/aromatic N) is 1. The van der Waals surface area contributed by atoms with Crippen molar-refractivity contribution < 1.29 is 28.5 Å². The zero-order valence-corrected chi connectivity index (χ0v) is 17.2. The molecule has 0 radical (unpaired) electrons. The maximum atomic E-state index is 12.8. The Balaban J connectivity index is 1.35. The van der Waals surface area contributed by atoms with E-state index in [9.17, 15) is 9.59 Å². The Hall–Kier alpha value is -3.48. The fraction of sp³-hybridized carbons (Fsp3) is 0.333. The van der Waals surface area contributed by atoms with Gasteiger partial charge in [-0.25, -0.2) is 4.79 Å². The molecule has 1 unspecified atom stereocenters. The van der Waals surface area contributed by atoms with Gasteiger partial charge in [-0.2, -0.15) is 0 Å². The van der Waals surface area contributed by atoms with Crippen LogP contribution in [0, 0.1) is 0 Å². The van der Waals surface area contributed by atoms with E-state index in [0.717, 1.165) is 24.2 Å². The van der Waals surface area contributed by atoms with Crippen molar-refractivity contribution in [1.82, 2.24) is 4.90 Å². The quantitative estimate of drug-likeness (QED) is 0.501. The van der Waals surface area contributed by atoms with Crippen molar-refractivity contribution in [3.63, 3.8) is 0 Å². The van der Waals surface area contributed by atoms with Gasteiger partial charge in [-0.3, -0.25) is 4.79 Å². The SMILES string of the molecule is C=CCOc1ccc(C(=O)OCC(=O)N2CCCC2c2ccc3c(c2)OCCO3)cc1. The minimum Gasteiger partial charge on any atom is -0.490 e. The smallest absolute Gasteiger partial charge is 0.338 e. The number of fused-ring (bicyclic) bond motifs is 1. The molecule has 2 aromatic rings. The topological polar surface area (TPSA) is 74.3 Å². The molecule has 0 aliphatic carbocycles. The maximum absolute atomic E-state index is 12.8. The van der Waals surface area contributed by atoms with E-state index in [1.165, 1.54) is 0 Å². The van der Waals surface area contributed by atoms with Crippen molar-refractivity contribution in [3.05, 3.63) is 66.2 Å². The van der Waals surface area contributed by atoms with Crippen molar-refractivity contribution in [3.8, 4) is 17.2 Å². The van der Waals surface area contributed by atoms with Crippen molar-refractivity contribution >= 4 is 11.9 Å². The summed E-state index contributed by atoms with van der Waals surface area (Å²) >= 11 is 0. The lowest BCUT2D eigenvalue weighted by Crippen LogP contribution is -2.34. The van der Waals surface area contributed by atoms with Crippen LogP contribution in [0.15, 0.2) is 55.1 Å². The summed E-state index contributed by atoms with van der Waals surface area (Å²) < 4.78 is 21.9. The van der Waals surface area contributed by atoms with Crippen LogP contribution in [-0.2, 0) is 9.53 Å². The average Bonchev–Trinajstić information content (AvgIpc) is 3.31. The van der Waals surface area contributed by atoms with Gasteiger partial charge in [-0.1, -0.05) is 18.7 Å². The number of hydrogen-bond acceptors (Lipinski definition) is 6. The summed E-state index contributed by atoms with van der Waals surface area (Å²) in [6.45, 7) is 5.37. The summed E-state index contributed by atoms with van der Waals surface area (Å²) in [6, 6.07) is 12.3. The Labute approximate surface area is 181 Å². The Morgan fingerprint density at radius 3 is 2.65 bits per heavy atom. The van der Waals surface area contributed by atoms with Crippen LogP contribution in [0.5, 0.6) is 17.2 Å². The van der Waals surface area contributed by atoms with Gasteiger partial charge in [-0.15, -0.1) is 0 Å². The largest absolute Gasteiger partial charge is 0.490 e. The number of benzene rings is 2. The van der Waals surface area contributed by atoms with E-state index in [4.69, 9.17) is 18.9 Å². The number of carbonyl (C=O) groups excluding carboxylic acids is 2. The van der Waals surface area contributed by atoms with Crippen molar-refractivity contribution in [1.29, 1.82) is 0 Å². The molecule has 1 atom stereocenters. The van der Waals surface area contributed by atoms with Crippen LogP contribution in [0.1, 0.15) is 34.8 Å². The second kappa shape index (κ2) is 9.55. The van der Waals surface area contributed by atoms with Crippen molar-refractivity contribution in [2.75, 3.05) is 33.0 Å². The van der Waals surface area contributed by atoms with Gasteiger partial charge < -0.3 is 23.8 Å². The number of hydrogen-bond donors (Lipinski definition) is 0. The average molecular weight is 423 g/mol. The first kappa shape index (κ1) is 20.8. The van der Waals surface area contributed by atoms with E-state index in [2.05, 4.69) is 6.58 Å². The van der Waals surface area contributed by atoms with E-state index in [1.54, 1.807) is 35.2 Å². The summed E-state index contributed by atoms with van der Waals surface area (Å²) in [5, 5.41) is 0. The lowest BCUT2D eigenvalue weighted by molar-refractivity contribution is -0.135. The molecule has 0 bridgehead atoms. The predicted octanol–water partition coefficient (Wildman–Crippen LogP) is 3.54. The van der Waals surface area contributed by atoms with E-state index in [0.29, 0.717) is 43.4 Å². The van der Waals surface area contributed by atoms with Gasteiger partial charge in [-0.05, 0) is 54.8 Å². The molecule has 7 heteroatoms. The molecular formula is C24H25NO6. The highest BCUT2D eigenvalue weighted by atomic mass is 16.6. The lowest BCUT2D eigenvalue weighted by Gasteiger charge is -2.26. The monoisotopic (exact) mass is 423 g/mol. The zero-order chi connectivity index (χ0) is 21.6. The molecule has 0 saturated carbocycles. The maximum Gasteiger partial charge on any atom is 0.338 e. The van der Waals surface area contributed by atoms with Gasteiger partial charge in [0.05, 0.1) is 11.6 Å². The number of likely N-dealkylation sites (tertiary alicyclic amines) is 1. The third kappa shape index (κ3) is 4.82. The fourth-order valence-corrected chi connectivity index (χ4v) is 3.81. The first-order chi connectivity index (χ1) is 15.2. The fourth-order valence-electron chi connectivity index (χ4n) is 3.81. The van der Waals surface area contributed by atoms with E-state index in [-0.39, 0.29) is 18.6 Å². The zero-order valence-electron chi connectivity index (χ0n) is 17.2. The molecule has 2 heterocycles. The van der Waals surface area contributed by atoms with Gasteiger partial charge in [0.1, 0.15) is 25.6 Å². The van der Waals surface area contributed by atoms with Crippen molar-refractivity contribution in [2.24, 2.45) is 0 Å². The first-order valence-corrected chi connectivity index (χ1v) is 10.4. The summed E-state index contributed by atoms with van der Waals surface area (Å²) in [5.74, 6) is 1.30. The molecule has 7 nitrogen and oxygen atoms in total. The second-order valence-electron chi connectivity index (χ2n) is 7.35. The van der Waals surface area contributed by atoms with Gasteiger partial charge in [0.2, 0.25) is 0 Å². The van der Waals surface area contributed by atoms with Gasteiger partial charge >= 0.3 is 5.97 Å². The molecule has 1 saturated heterocycles. The van der Waals surface area contributed by atoms with Crippen LogP contribution < -0.4 is 14.2 Å². The molecule has 31 heavy (non-hydrogen) atoms. The lowest BCUT2D eigenvalue weighted by atomic mass is 10.0. The van der Waals surface area contributed by atoms with E-state index in [1.807, 2.05) is 18.2 Å². The standard InChI is InChI=1S/C24H25NO6/c1-2-12-28-19-8-5-17(6-9-19)24(27)31-16-23(26)25-11-3-4-20(25)18-7-10-21-22(15-18)30-14-13-29-21/h2,5-10,15,20H,1,3-4,11-14,16H2. The van der Waals surface area contributed by atoms with Crippen LogP contribution in [0.25, 0.3) is 0 Å². The number of rotatable bonds is 7. The normalized spacial score (nSPS) is 17.2. The number of amides is 1. The third-order valence-electron chi connectivity index (χ3n) is 5.31. The highest BCUT2D eigenvalue weighted by molar-refractivity contribution is 5.91. The summed E-state index contributed by atoms with van der Waals surface area (Å²) in [6.07, 6.45) is 3.39. The molecule has 1 fully saturated rings. The van der Waals surface area contributed by atoms with Gasteiger partial charge in [0, 0.05) is 6.54 Å². The highest BCUT2D eigenvalue weighted by Crippen LogP contribution is 2.38. The van der Waals surface area contributed by atoms with Crippen LogP contribution >= 0.6 is 0 Å². The first-order valence-electron chi connectivity index (χ1n) is 10.4. The van der Waals surface area contributed by atoms with Crippen LogP contribution in [-0.4, -0.2) is 49.7 Å². The third-order valence-corrected chi connectivity index (χ3v) is 5.31. The van der Waals surface area contributed by atoms with Crippen LogP contribution in [0.3, 0.4) is 0 Å². The molecule has 1 amide bonds. The Morgan fingerprint density at radius 2 is 1.87 bits per heavy atom. The highest BCUT2D eigenvalue weighted by Gasteiger charge is 2.31. The molecule has 2 aliphatic rings. The number of ether oxygens (including phenoxy) is 4. The van der Waals surface area contributed by atoms with Crippen LogP contribution in [0.2, 0.25) is 0 Å². The Bertz CT molecular complexity index is 955. The van der Waals surface area contributed by atoms with Crippen molar-refractivity contribution in [2.45, 2.75) is 18.9 Å². The second-order valence-corrected chi connectivity index (χ2v) is 7.35. The minimum atomic E-state index is -0.543. The Morgan fingerprint density at radius 1 is 1.10 bits per heavy atom. The van der Waals surface area contributed by atoms with E-state index < -0.39 is 5.97 Å². The minimum absolute atomic E-state index is 0.0664. The molecule has 0 N–H and O–H groups in total. The molecule has 0 aromatic heterocycles. The number of carbonyl (C=O) groups is 2. The van der Waals surface area contributed by atoms with E-state index >= 15 is 0 Å². The molecule has 2 aliphatic heterocycles. The summed E-state index contributed by atoms with van der Waals surface area (Å²) in [4.78, 5) is 26.9. The predicted molar refractivity (Wildman–Crippen MR) is 114 cm³/mol.